The molecule has 0 bridgehead atoms. The maximum Gasteiger partial charge on any atom is 0.160 e. The summed E-state index contributed by atoms with van der Waals surface area (Å²) in [6, 6.07) is 60.2. The first-order valence-electron chi connectivity index (χ1n) is 17.2. The number of para-hydroxylation sites is 2. The number of nitrogens with zero attached hydrogens (tertiary/aromatic N) is 4. The lowest BCUT2D eigenvalue weighted by Crippen LogP contribution is -2.02. The van der Waals surface area contributed by atoms with Crippen LogP contribution in [-0.4, -0.2) is 14.5 Å². The lowest BCUT2D eigenvalue weighted by atomic mass is 9.98. The maximum absolute atomic E-state index is 10.5. The Hall–Kier alpha value is -7.29. The normalized spacial score (nSPS) is 11.4. The van der Waals surface area contributed by atoms with Crippen molar-refractivity contribution in [3.8, 4) is 56.8 Å². The summed E-state index contributed by atoms with van der Waals surface area (Å²) in [5, 5.41) is 15.0. The predicted molar refractivity (Wildman–Crippen MR) is 210 cm³/mol. The van der Waals surface area contributed by atoms with Gasteiger partial charge >= 0.3 is 0 Å². The number of nitriles is 1. The first kappa shape index (κ1) is 29.6. The van der Waals surface area contributed by atoms with Gasteiger partial charge in [0.25, 0.3) is 0 Å². The fraction of sp³-hybridized carbons (Fsp3) is 0. The van der Waals surface area contributed by atoms with Crippen LogP contribution in [0.5, 0.6) is 0 Å². The van der Waals surface area contributed by atoms with Crippen molar-refractivity contribution in [3.63, 3.8) is 0 Å². The number of hydrogen-bond donors (Lipinski definition) is 0. The molecule has 5 nitrogen and oxygen atoms in total. The van der Waals surface area contributed by atoms with E-state index in [9.17, 15) is 5.26 Å². The third-order valence-corrected chi connectivity index (χ3v) is 9.83. The van der Waals surface area contributed by atoms with Crippen LogP contribution in [0.4, 0.5) is 0 Å². The summed E-state index contributed by atoms with van der Waals surface area (Å²) in [6.45, 7) is 0. The van der Waals surface area contributed by atoms with Gasteiger partial charge in [0.15, 0.2) is 5.82 Å². The van der Waals surface area contributed by atoms with Crippen LogP contribution in [-0.2, 0) is 0 Å². The van der Waals surface area contributed by atoms with Crippen molar-refractivity contribution in [2.45, 2.75) is 0 Å². The Morgan fingerprint density at radius 3 is 1.71 bits per heavy atom. The molecular weight excluding hydrogens is 637 g/mol. The molecule has 0 N–H and O–H groups in total. The van der Waals surface area contributed by atoms with Gasteiger partial charge in [-0.2, -0.15) is 5.26 Å². The quantitative estimate of drug-likeness (QED) is 0.184. The molecule has 52 heavy (non-hydrogen) atoms. The summed E-state index contributed by atoms with van der Waals surface area (Å²) in [6.07, 6.45) is 0. The van der Waals surface area contributed by atoms with Crippen LogP contribution in [0.3, 0.4) is 0 Å². The molecule has 0 atom stereocenters. The molecule has 10 rings (SSSR count). The smallest absolute Gasteiger partial charge is 0.160 e. The molecule has 10 aromatic rings. The van der Waals surface area contributed by atoms with E-state index in [1.807, 2.05) is 78.9 Å². The van der Waals surface area contributed by atoms with E-state index in [1.54, 1.807) is 0 Å². The molecule has 0 fully saturated rings. The standard InChI is InChI=1S/C47H28N4O/c48-29-38-45(31-16-6-2-7-17-31)49-47(50-46(38)32-18-8-3-9-19-32)34-26-33(30-14-4-1-5-15-30)27-35(28-34)51-39-22-12-10-20-36(39)43-40(51)24-25-42-44(43)37-21-11-13-23-41(37)52-42/h1-28H. The van der Waals surface area contributed by atoms with Crippen molar-refractivity contribution < 1.29 is 4.42 Å². The van der Waals surface area contributed by atoms with Crippen LogP contribution in [0.2, 0.25) is 0 Å². The van der Waals surface area contributed by atoms with Crippen LogP contribution < -0.4 is 0 Å². The first-order valence-corrected chi connectivity index (χ1v) is 17.2. The maximum atomic E-state index is 10.5. The highest BCUT2D eigenvalue weighted by molar-refractivity contribution is 6.27. The summed E-state index contributed by atoms with van der Waals surface area (Å²) >= 11 is 0. The second-order valence-electron chi connectivity index (χ2n) is 12.9. The number of fused-ring (bicyclic) bond motifs is 7. The highest BCUT2D eigenvalue weighted by atomic mass is 16.3. The molecule has 0 saturated carbocycles. The third kappa shape index (κ3) is 4.70. The van der Waals surface area contributed by atoms with E-state index >= 15 is 0 Å². The molecule has 3 aromatic heterocycles. The van der Waals surface area contributed by atoms with E-state index in [0.717, 1.165) is 77.2 Å². The molecule has 0 unspecified atom stereocenters. The van der Waals surface area contributed by atoms with Gasteiger partial charge in [-0.1, -0.05) is 127 Å². The first-order chi connectivity index (χ1) is 25.7. The van der Waals surface area contributed by atoms with Gasteiger partial charge < -0.3 is 8.98 Å². The summed E-state index contributed by atoms with van der Waals surface area (Å²) < 4.78 is 8.68. The largest absolute Gasteiger partial charge is 0.456 e. The van der Waals surface area contributed by atoms with Gasteiger partial charge in [0.2, 0.25) is 0 Å². The monoisotopic (exact) mass is 664 g/mol. The summed E-state index contributed by atoms with van der Waals surface area (Å²) in [5.74, 6) is 0.541. The van der Waals surface area contributed by atoms with Crippen LogP contribution in [0.1, 0.15) is 5.56 Å². The molecule has 0 saturated heterocycles. The van der Waals surface area contributed by atoms with Gasteiger partial charge in [-0.25, -0.2) is 9.97 Å². The number of furan rings is 1. The Morgan fingerprint density at radius 2 is 1.04 bits per heavy atom. The Bertz CT molecular complexity index is 2950. The highest BCUT2D eigenvalue weighted by Gasteiger charge is 2.22. The fourth-order valence-corrected chi connectivity index (χ4v) is 7.52. The van der Waals surface area contributed by atoms with Gasteiger partial charge in [-0.15, -0.1) is 0 Å². The van der Waals surface area contributed by atoms with E-state index in [4.69, 9.17) is 14.4 Å². The molecule has 0 spiro atoms. The summed E-state index contributed by atoms with van der Waals surface area (Å²) in [4.78, 5) is 10.3. The van der Waals surface area contributed by atoms with Crippen molar-refractivity contribution in [1.29, 1.82) is 5.26 Å². The molecule has 3 heterocycles. The van der Waals surface area contributed by atoms with Crippen LogP contribution >= 0.6 is 0 Å². The van der Waals surface area contributed by atoms with Gasteiger partial charge in [-0.3, -0.25) is 0 Å². The van der Waals surface area contributed by atoms with E-state index < -0.39 is 0 Å². The number of benzene rings is 7. The Morgan fingerprint density at radius 1 is 0.462 bits per heavy atom. The lowest BCUT2D eigenvalue weighted by molar-refractivity contribution is 0.669. The number of rotatable bonds is 5. The van der Waals surface area contributed by atoms with E-state index in [0.29, 0.717) is 22.8 Å². The minimum atomic E-state index is 0.444. The SMILES string of the molecule is N#Cc1c(-c2ccccc2)nc(-c2cc(-c3ccccc3)cc(-n3c4ccccc4c4c5c(ccc43)oc3ccccc35)c2)nc1-c1ccccc1. The van der Waals surface area contributed by atoms with Crippen molar-refractivity contribution in [3.05, 3.63) is 175 Å². The lowest BCUT2D eigenvalue weighted by Gasteiger charge is -2.15. The van der Waals surface area contributed by atoms with E-state index in [2.05, 4.69) is 102 Å². The van der Waals surface area contributed by atoms with E-state index in [1.165, 1.54) is 0 Å². The average molecular weight is 665 g/mol. The van der Waals surface area contributed by atoms with Crippen molar-refractivity contribution in [2.75, 3.05) is 0 Å². The molecular formula is C47H28N4O. The predicted octanol–water partition coefficient (Wildman–Crippen LogP) is 12.0. The molecule has 7 aromatic carbocycles. The zero-order valence-corrected chi connectivity index (χ0v) is 27.9. The van der Waals surface area contributed by atoms with Crippen LogP contribution in [0, 0.1) is 11.3 Å². The molecule has 5 heteroatoms. The second-order valence-corrected chi connectivity index (χ2v) is 12.9. The van der Waals surface area contributed by atoms with Crippen LogP contribution in [0.15, 0.2) is 174 Å². The topological polar surface area (TPSA) is 67.6 Å². The summed E-state index contributed by atoms with van der Waals surface area (Å²) in [5.41, 5.74) is 11.2. The minimum absolute atomic E-state index is 0.444. The Balaban J connectivity index is 1.30. The molecule has 0 aliphatic heterocycles. The third-order valence-electron chi connectivity index (χ3n) is 9.83. The average Bonchev–Trinajstić information content (AvgIpc) is 3.77. The zero-order valence-electron chi connectivity index (χ0n) is 27.9. The molecule has 0 aliphatic carbocycles. The molecule has 0 aliphatic rings. The van der Waals surface area contributed by atoms with Crippen molar-refractivity contribution >= 4 is 43.7 Å². The number of aromatic nitrogens is 3. The highest BCUT2D eigenvalue weighted by Crippen LogP contribution is 2.42. The Labute approximate surface area is 299 Å². The van der Waals surface area contributed by atoms with Crippen molar-refractivity contribution in [1.82, 2.24) is 14.5 Å². The minimum Gasteiger partial charge on any atom is -0.456 e. The molecule has 242 valence electrons. The van der Waals surface area contributed by atoms with Gasteiger partial charge in [0.1, 0.15) is 22.8 Å². The summed E-state index contributed by atoms with van der Waals surface area (Å²) in [7, 11) is 0. The van der Waals surface area contributed by atoms with Crippen LogP contribution in [0.25, 0.3) is 94.5 Å². The van der Waals surface area contributed by atoms with Crippen molar-refractivity contribution in [2.24, 2.45) is 0 Å². The fourth-order valence-electron chi connectivity index (χ4n) is 7.52. The second kappa shape index (κ2) is 11.9. The zero-order chi connectivity index (χ0) is 34.6. The van der Waals surface area contributed by atoms with Gasteiger partial charge in [-0.05, 0) is 53.6 Å². The van der Waals surface area contributed by atoms with Gasteiger partial charge in [0.05, 0.1) is 22.4 Å². The van der Waals surface area contributed by atoms with Gasteiger partial charge in [0, 0.05) is 43.9 Å². The van der Waals surface area contributed by atoms with E-state index in [-0.39, 0.29) is 0 Å². The molecule has 0 radical (unpaired) electrons. The molecule has 0 amide bonds. The number of hydrogen-bond acceptors (Lipinski definition) is 4. The Kier molecular flexibility index (Phi) is 6.80.